The van der Waals surface area contributed by atoms with Crippen molar-refractivity contribution in [1.82, 2.24) is 15.1 Å². The van der Waals surface area contributed by atoms with Crippen LogP contribution in [0.4, 0.5) is 5.69 Å². The van der Waals surface area contributed by atoms with E-state index in [1.807, 2.05) is 57.5 Å². The second-order valence-corrected chi connectivity index (χ2v) is 6.00. The monoisotopic (exact) mass is 374 g/mol. The zero-order chi connectivity index (χ0) is 17.8. The number of ether oxygens (including phenoxy) is 1. The molecule has 7 heteroatoms. The van der Waals surface area contributed by atoms with Gasteiger partial charge in [0.1, 0.15) is 5.75 Å². The molecule has 1 N–H and O–H groups in total. The Bertz CT molecular complexity index is 847. The van der Waals surface area contributed by atoms with Gasteiger partial charge in [-0.15, -0.1) is 22.6 Å². The number of benzene rings is 2. The van der Waals surface area contributed by atoms with Gasteiger partial charge in [-0.1, -0.05) is 0 Å². The third kappa shape index (κ3) is 4.33. The quantitative estimate of drug-likeness (QED) is 0.705. The van der Waals surface area contributed by atoms with Crippen LogP contribution in [0.15, 0.2) is 46.9 Å². The number of hydrogen-bond acceptors (Lipinski definition) is 6. The Morgan fingerprint density at radius 3 is 2.19 bits per heavy atom. The molecule has 138 valence electrons. The van der Waals surface area contributed by atoms with E-state index in [9.17, 15) is 0 Å². The highest BCUT2D eigenvalue weighted by atomic mass is 35.5. The molecule has 3 rings (SSSR count). The van der Waals surface area contributed by atoms with Crippen LogP contribution in [0, 0.1) is 0 Å². The first kappa shape index (κ1) is 19.8. The fourth-order valence-corrected chi connectivity index (χ4v) is 2.63. The maximum absolute atomic E-state index is 5.87. The van der Waals surface area contributed by atoms with Gasteiger partial charge in [-0.2, -0.15) is 0 Å². The first-order valence-corrected chi connectivity index (χ1v) is 8.04. The Balaban J connectivity index is 0.00000243. The van der Waals surface area contributed by atoms with Crippen molar-refractivity contribution in [2.75, 3.05) is 33.6 Å². The first-order chi connectivity index (χ1) is 12.1. The summed E-state index contributed by atoms with van der Waals surface area (Å²) in [7, 11) is 7.64. The van der Waals surface area contributed by atoms with E-state index in [4.69, 9.17) is 9.15 Å². The summed E-state index contributed by atoms with van der Waals surface area (Å²) in [5.74, 6) is 1.79. The van der Waals surface area contributed by atoms with Crippen LogP contribution in [0.25, 0.3) is 22.9 Å². The SMILES string of the molecule is CNc1ccc(-c2nnc(-c3ccc(OC)cc3)o2)cc1CN(C)C.Cl. The van der Waals surface area contributed by atoms with E-state index in [0.29, 0.717) is 11.8 Å². The number of anilines is 1. The van der Waals surface area contributed by atoms with Crippen LogP contribution in [-0.4, -0.2) is 43.4 Å². The minimum Gasteiger partial charge on any atom is -0.497 e. The number of hydrogen-bond donors (Lipinski definition) is 1. The second-order valence-electron chi connectivity index (χ2n) is 6.00. The Morgan fingerprint density at radius 1 is 1.00 bits per heavy atom. The fourth-order valence-electron chi connectivity index (χ4n) is 2.63. The fraction of sp³-hybridized carbons (Fsp3) is 0.263. The molecule has 0 radical (unpaired) electrons. The summed E-state index contributed by atoms with van der Waals surface area (Å²) in [5, 5.41) is 11.6. The zero-order valence-corrected chi connectivity index (χ0v) is 16.1. The molecule has 26 heavy (non-hydrogen) atoms. The smallest absolute Gasteiger partial charge is 0.248 e. The van der Waals surface area contributed by atoms with Crippen LogP contribution in [-0.2, 0) is 6.54 Å². The summed E-state index contributed by atoms with van der Waals surface area (Å²) >= 11 is 0. The average molecular weight is 375 g/mol. The van der Waals surface area contributed by atoms with Gasteiger partial charge >= 0.3 is 0 Å². The largest absolute Gasteiger partial charge is 0.497 e. The molecule has 0 fully saturated rings. The molecule has 2 aromatic carbocycles. The third-order valence-electron chi connectivity index (χ3n) is 3.87. The summed E-state index contributed by atoms with van der Waals surface area (Å²) in [4.78, 5) is 2.12. The van der Waals surface area contributed by atoms with Crippen molar-refractivity contribution in [3.8, 4) is 28.7 Å². The summed E-state index contributed by atoms with van der Waals surface area (Å²) in [6, 6.07) is 13.6. The molecule has 1 aromatic heterocycles. The molecule has 0 unspecified atom stereocenters. The maximum Gasteiger partial charge on any atom is 0.248 e. The predicted molar refractivity (Wildman–Crippen MR) is 106 cm³/mol. The van der Waals surface area contributed by atoms with Gasteiger partial charge < -0.3 is 19.4 Å². The highest BCUT2D eigenvalue weighted by Gasteiger charge is 2.13. The molecule has 0 spiro atoms. The first-order valence-electron chi connectivity index (χ1n) is 8.04. The summed E-state index contributed by atoms with van der Waals surface area (Å²) in [6.07, 6.45) is 0. The van der Waals surface area contributed by atoms with Gasteiger partial charge in [0.25, 0.3) is 0 Å². The number of methoxy groups -OCH3 is 1. The molecule has 0 aliphatic carbocycles. The summed E-state index contributed by atoms with van der Waals surface area (Å²) < 4.78 is 11.0. The lowest BCUT2D eigenvalue weighted by Gasteiger charge is -2.14. The number of halogens is 1. The number of aromatic nitrogens is 2. The van der Waals surface area contributed by atoms with Gasteiger partial charge in [0.15, 0.2) is 0 Å². The molecule has 6 nitrogen and oxygen atoms in total. The van der Waals surface area contributed by atoms with Gasteiger partial charge in [0.05, 0.1) is 7.11 Å². The third-order valence-corrected chi connectivity index (χ3v) is 3.87. The van der Waals surface area contributed by atoms with Crippen LogP contribution in [0.1, 0.15) is 5.56 Å². The Kier molecular flexibility index (Phi) is 6.60. The Labute approximate surface area is 159 Å². The van der Waals surface area contributed by atoms with Crippen molar-refractivity contribution in [2.24, 2.45) is 0 Å². The van der Waals surface area contributed by atoms with Crippen LogP contribution in [0.3, 0.4) is 0 Å². The highest BCUT2D eigenvalue weighted by Crippen LogP contribution is 2.28. The van der Waals surface area contributed by atoms with E-state index >= 15 is 0 Å². The van der Waals surface area contributed by atoms with Gasteiger partial charge in [-0.3, -0.25) is 0 Å². The van der Waals surface area contributed by atoms with E-state index < -0.39 is 0 Å². The van der Waals surface area contributed by atoms with Gasteiger partial charge in [-0.25, -0.2) is 0 Å². The van der Waals surface area contributed by atoms with Gasteiger partial charge in [0, 0.05) is 30.4 Å². The minimum atomic E-state index is 0. The molecule has 0 saturated heterocycles. The highest BCUT2D eigenvalue weighted by molar-refractivity contribution is 5.85. The van der Waals surface area contributed by atoms with E-state index in [0.717, 1.165) is 29.1 Å². The molecule has 3 aromatic rings. The van der Waals surface area contributed by atoms with Crippen molar-refractivity contribution in [1.29, 1.82) is 0 Å². The van der Waals surface area contributed by atoms with E-state index in [1.165, 1.54) is 5.56 Å². The number of rotatable bonds is 6. The Morgan fingerprint density at radius 2 is 1.62 bits per heavy atom. The lowest BCUT2D eigenvalue weighted by Crippen LogP contribution is -2.12. The summed E-state index contributed by atoms with van der Waals surface area (Å²) in [6.45, 7) is 0.823. The van der Waals surface area contributed by atoms with Crippen LogP contribution in [0.5, 0.6) is 5.75 Å². The average Bonchev–Trinajstić information content (AvgIpc) is 3.11. The lowest BCUT2D eigenvalue weighted by atomic mass is 10.1. The van der Waals surface area contributed by atoms with Crippen molar-refractivity contribution >= 4 is 18.1 Å². The van der Waals surface area contributed by atoms with Crippen molar-refractivity contribution < 1.29 is 9.15 Å². The van der Waals surface area contributed by atoms with Crippen LogP contribution >= 0.6 is 12.4 Å². The molecular weight excluding hydrogens is 352 g/mol. The maximum atomic E-state index is 5.87. The number of nitrogens with zero attached hydrogens (tertiary/aromatic N) is 3. The van der Waals surface area contributed by atoms with Gasteiger partial charge in [0.2, 0.25) is 11.8 Å². The van der Waals surface area contributed by atoms with Crippen LogP contribution < -0.4 is 10.1 Å². The molecular formula is C19H23ClN4O2. The molecule has 0 amide bonds. The number of nitrogens with one attached hydrogen (secondary N) is 1. The van der Waals surface area contributed by atoms with Crippen molar-refractivity contribution in [2.45, 2.75) is 6.54 Å². The summed E-state index contributed by atoms with van der Waals surface area (Å²) in [5.41, 5.74) is 4.03. The predicted octanol–water partition coefficient (Wildman–Crippen LogP) is 3.94. The van der Waals surface area contributed by atoms with E-state index in [2.05, 4.69) is 26.5 Å². The molecule has 0 bridgehead atoms. The molecule has 0 aliphatic rings. The van der Waals surface area contributed by atoms with E-state index in [1.54, 1.807) is 7.11 Å². The van der Waals surface area contributed by atoms with Crippen molar-refractivity contribution in [3.05, 3.63) is 48.0 Å². The normalized spacial score (nSPS) is 10.5. The van der Waals surface area contributed by atoms with Crippen molar-refractivity contribution in [3.63, 3.8) is 0 Å². The molecule has 1 heterocycles. The topological polar surface area (TPSA) is 63.4 Å². The lowest BCUT2D eigenvalue weighted by molar-refractivity contribution is 0.403. The minimum absolute atomic E-state index is 0. The second kappa shape index (κ2) is 8.69. The Hall–Kier alpha value is -2.57. The molecule has 0 aliphatic heterocycles. The molecule has 0 atom stereocenters. The molecule has 0 saturated carbocycles. The van der Waals surface area contributed by atoms with Crippen LogP contribution in [0.2, 0.25) is 0 Å². The standard InChI is InChI=1S/C19H22N4O2.ClH/c1-20-17-10-7-14(11-15(17)12-23(2)3)19-22-21-18(25-19)13-5-8-16(24-4)9-6-13;/h5-11,20H,12H2,1-4H3;1H. The van der Waals surface area contributed by atoms with Gasteiger partial charge in [-0.05, 0) is 62.1 Å². The van der Waals surface area contributed by atoms with E-state index in [-0.39, 0.29) is 12.4 Å². The zero-order valence-electron chi connectivity index (χ0n) is 15.3.